The summed E-state index contributed by atoms with van der Waals surface area (Å²) in [5.41, 5.74) is 0.214. The topological polar surface area (TPSA) is 72.7 Å². The second-order valence-corrected chi connectivity index (χ2v) is 5.02. The van der Waals surface area contributed by atoms with E-state index < -0.39 is 0 Å². The first-order chi connectivity index (χ1) is 9.01. The standard InChI is InChI=1S/C13H20N4O2/c1-5-9(6-2)17-11-10(12(18)15-13(17)19)16(7-14-11)8(3)4/h7-9H,5-6H2,1-4H3,(H,15,18,19). The zero-order chi connectivity index (χ0) is 14.2. The van der Waals surface area contributed by atoms with E-state index in [0.29, 0.717) is 11.2 Å². The molecular weight excluding hydrogens is 244 g/mol. The lowest BCUT2D eigenvalue weighted by molar-refractivity contribution is 0.462. The zero-order valence-electron chi connectivity index (χ0n) is 11.8. The maximum Gasteiger partial charge on any atom is 0.330 e. The van der Waals surface area contributed by atoms with Gasteiger partial charge in [-0.3, -0.25) is 14.3 Å². The Morgan fingerprint density at radius 2 is 1.89 bits per heavy atom. The van der Waals surface area contributed by atoms with Crippen molar-refractivity contribution in [3.8, 4) is 0 Å². The Hall–Kier alpha value is -1.85. The van der Waals surface area contributed by atoms with Crippen LogP contribution in [0.25, 0.3) is 11.2 Å². The highest BCUT2D eigenvalue weighted by Gasteiger charge is 2.18. The molecule has 2 aromatic rings. The maximum absolute atomic E-state index is 12.1. The molecule has 2 rings (SSSR count). The monoisotopic (exact) mass is 264 g/mol. The Bertz CT molecular complexity index is 689. The fourth-order valence-corrected chi connectivity index (χ4v) is 2.44. The summed E-state index contributed by atoms with van der Waals surface area (Å²) in [6, 6.07) is 0.182. The highest BCUT2D eigenvalue weighted by Crippen LogP contribution is 2.19. The van der Waals surface area contributed by atoms with Gasteiger partial charge >= 0.3 is 5.69 Å². The van der Waals surface area contributed by atoms with Crippen LogP contribution in [0.15, 0.2) is 15.9 Å². The highest BCUT2D eigenvalue weighted by molar-refractivity contribution is 5.70. The molecule has 2 heterocycles. The van der Waals surface area contributed by atoms with Crippen molar-refractivity contribution in [1.29, 1.82) is 0 Å². The summed E-state index contributed by atoms with van der Waals surface area (Å²) < 4.78 is 3.40. The van der Waals surface area contributed by atoms with Crippen molar-refractivity contribution in [3.05, 3.63) is 27.2 Å². The molecular formula is C13H20N4O2. The first-order valence-electron chi connectivity index (χ1n) is 6.72. The van der Waals surface area contributed by atoms with Gasteiger partial charge in [-0.25, -0.2) is 9.78 Å². The first-order valence-corrected chi connectivity index (χ1v) is 6.72. The van der Waals surface area contributed by atoms with Gasteiger partial charge in [-0.2, -0.15) is 0 Å². The molecule has 0 fully saturated rings. The summed E-state index contributed by atoms with van der Waals surface area (Å²) in [6.07, 6.45) is 3.28. The van der Waals surface area contributed by atoms with E-state index in [1.54, 1.807) is 15.5 Å². The van der Waals surface area contributed by atoms with Gasteiger partial charge in [-0.05, 0) is 26.7 Å². The van der Waals surface area contributed by atoms with Gasteiger partial charge in [0.25, 0.3) is 5.56 Å². The summed E-state index contributed by atoms with van der Waals surface area (Å²) in [5.74, 6) is 0. The second-order valence-electron chi connectivity index (χ2n) is 5.02. The second kappa shape index (κ2) is 5.03. The van der Waals surface area contributed by atoms with Crippen LogP contribution in [-0.4, -0.2) is 19.1 Å². The number of nitrogens with zero attached hydrogens (tertiary/aromatic N) is 3. The van der Waals surface area contributed by atoms with E-state index in [4.69, 9.17) is 0 Å². The molecule has 6 nitrogen and oxygen atoms in total. The SMILES string of the molecule is CCC(CC)n1c(=O)[nH]c(=O)c2c1ncn2C(C)C. The maximum atomic E-state index is 12.1. The molecule has 0 saturated heterocycles. The van der Waals surface area contributed by atoms with Gasteiger partial charge < -0.3 is 4.57 Å². The zero-order valence-corrected chi connectivity index (χ0v) is 11.8. The van der Waals surface area contributed by atoms with Crippen LogP contribution in [-0.2, 0) is 0 Å². The number of nitrogens with one attached hydrogen (secondary N) is 1. The number of imidazole rings is 1. The Balaban J connectivity index is 2.86. The molecule has 0 aliphatic rings. The van der Waals surface area contributed by atoms with E-state index >= 15 is 0 Å². The van der Waals surface area contributed by atoms with Crippen LogP contribution in [0.2, 0.25) is 0 Å². The van der Waals surface area contributed by atoms with E-state index in [-0.39, 0.29) is 23.3 Å². The van der Waals surface area contributed by atoms with Crippen molar-refractivity contribution in [2.24, 2.45) is 0 Å². The van der Waals surface area contributed by atoms with Crippen LogP contribution < -0.4 is 11.2 Å². The van der Waals surface area contributed by atoms with Gasteiger partial charge in [0.05, 0.1) is 6.33 Å². The predicted octanol–water partition coefficient (Wildman–Crippen LogP) is 1.83. The van der Waals surface area contributed by atoms with Crippen molar-refractivity contribution < 1.29 is 0 Å². The molecule has 104 valence electrons. The van der Waals surface area contributed by atoms with Gasteiger partial charge in [0.1, 0.15) is 0 Å². The fourth-order valence-electron chi connectivity index (χ4n) is 2.44. The smallest absolute Gasteiger partial charge is 0.322 e. The molecule has 2 aromatic heterocycles. The van der Waals surface area contributed by atoms with E-state index in [0.717, 1.165) is 12.8 Å². The van der Waals surface area contributed by atoms with Crippen LogP contribution in [0.3, 0.4) is 0 Å². The fraction of sp³-hybridized carbons (Fsp3) is 0.615. The lowest BCUT2D eigenvalue weighted by Gasteiger charge is -2.16. The predicted molar refractivity (Wildman–Crippen MR) is 74.6 cm³/mol. The quantitative estimate of drug-likeness (QED) is 0.915. The number of H-pyrrole nitrogens is 1. The van der Waals surface area contributed by atoms with E-state index in [9.17, 15) is 9.59 Å². The van der Waals surface area contributed by atoms with Gasteiger partial charge in [0.2, 0.25) is 0 Å². The molecule has 0 radical (unpaired) electrons. The minimum atomic E-state index is -0.375. The average molecular weight is 264 g/mol. The molecule has 0 amide bonds. The minimum absolute atomic E-state index is 0.0577. The van der Waals surface area contributed by atoms with Crippen LogP contribution in [0, 0.1) is 0 Å². The summed E-state index contributed by atoms with van der Waals surface area (Å²) in [5, 5.41) is 0. The van der Waals surface area contributed by atoms with Gasteiger partial charge in [0, 0.05) is 12.1 Å². The molecule has 19 heavy (non-hydrogen) atoms. The minimum Gasteiger partial charge on any atom is -0.322 e. The Labute approximate surface area is 111 Å². The largest absolute Gasteiger partial charge is 0.330 e. The number of aromatic nitrogens is 4. The van der Waals surface area contributed by atoms with E-state index in [2.05, 4.69) is 9.97 Å². The van der Waals surface area contributed by atoms with Crippen LogP contribution in [0.5, 0.6) is 0 Å². The average Bonchev–Trinajstić information content (AvgIpc) is 2.79. The van der Waals surface area contributed by atoms with Crippen LogP contribution >= 0.6 is 0 Å². The Morgan fingerprint density at radius 3 is 2.42 bits per heavy atom. The summed E-state index contributed by atoms with van der Waals surface area (Å²) in [7, 11) is 0. The molecule has 0 saturated carbocycles. The summed E-state index contributed by atoms with van der Waals surface area (Å²) in [6.45, 7) is 8.01. The van der Waals surface area contributed by atoms with Gasteiger partial charge in [-0.1, -0.05) is 13.8 Å². The highest BCUT2D eigenvalue weighted by atomic mass is 16.2. The van der Waals surface area contributed by atoms with Crippen molar-refractivity contribution >= 4 is 11.2 Å². The molecule has 6 heteroatoms. The summed E-state index contributed by atoms with van der Waals surface area (Å²) in [4.78, 5) is 30.7. The third-order valence-corrected chi connectivity index (χ3v) is 3.52. The molecule has 0 aliphatic carbocycles. The van der Waals surface area contributed by atoms with Crippen LogP contribution in [0.4, 0.5) is 0 Å². The van der Waals surface area contributed by atoms with E-state index in [1.807, 2.05) is 27.7 Å². The number of hydrogen-bond acceptors (Lipinski definition) is 3. The molecule has 0 aliphatic heterocycles. The summed E-state index contributed by atoms with van der Waals surface area (Å²) >= 11 is 0. The normalized spacial score (nSPS) is 11.9. The Kier molecular flexibility index (Phi) is 3.59. The van der Waals surface area contributed by atoms with Crippen molar-refractivity contribution in [3.63, 3.8) is 0 Å². The first kappa shape index (κ1) is 13.6. The van der Waals surface area contributed by atoms with Crippen molar-refractivity contribution in [2.75, 3.05) is 0 Å². The third-order valence-electron chi connectivity index (χ3n) is 3.52. The molecule has 0 atom stereocenters. The molecule has 0 aromatic carbocycles. The third kappa shape index (κ3) is 2.11. The number of hydrogen-bond donors (Lipinski definition) is 1. The van der Waals surface area contributed by atoms with Gasteiger partial charge in [0.15, 0.2) is 11.2 Å². The number of aromatic amines is 1. The molecule has 0 unspecified atom stereocenters. The lowest BCUT2D eigenvalue weighted by atomic mass is 10.1. The Morgan fingerprint density at radius 1 is 1.26 bits per heavy atom. The van der Waals surface area contributed by atoms with Crippen molar-refractivity contribution in [2.45, 2.75) is 52.6 Å². The lowest BCUT2D eigenvalue weighted by Crippen LogP contribution is -2.33. The molecule has 0 spiro atoms. The molecule has 0 bridgehead atoms. The molecule has 1 N–H and O–H groups in total. The number of rotatable bonds is 4. The van der Waals surface area contributed by atoms with E-state index in [1.165, 1.54) is 0 Å². The van der Waals surface area contributed by atoms with Crippen molar-refractivity contribution in [1.82, 2.24) is 19.1 Å². The number of fused-ring (bicyclic) bond motifs is 1. The van der Waals surface area contributed by atoms with Gasteiger partial charge in [-0.15, -0.1) is 0 Å². The van der Waals surface area contributed by atoms with Crippen LogP contribution in [0.1, 0.15) is 52.6 Å².